The molecule has 1 heterocycles. The van der Waals surface area contributed by atoms with Crippen molar-refractivity contribution in [1.29, 1.82) is 0 Å². The molecular weight excluding hydrogens is 302 g/mol. The van der Waals surface area contributed by atoms with Crippen LogP contribution in [0.3, 0.4) is 0 Å². The zero-order chi connectivity index (χ0) is 16.9. The lowest BCUT2D eigenvalue weighted by Crippen LogP contribution is -2.34. The van der Waals surface area contributed by atoms with E-state index in [-0.39, 0.29) is 11.9 Å². The molecule has 6 heteroatoms. The second kappa shape index (κ2) is 7.55. The molecule has 0 spiro atoms. The predicted molar refractivity (Wildman–Crippen MR) is 92.6 cm³/mol. The van der Waals surface area contributed by atoms with Crippen LogP contribution in [0.1, 0.15) is 68.8 Å². The average Bonchev–Trinajstić information content (AvgIpc) is 2.94. The SMILES string of the molecule is CC(C)n1nnnc1-c1cccc(C(=O)NC2CCCCCC2)c1. The molecule has 1 aliphatic rings. The van der Waals surface area contributed by atoms with Crippen LogP contribution in [0.15, 0.2) is 24.3 Å². The van der Waals surface area contributed by atoms with E-state index >= 15 is 0 Å². The van der Waals surface area contributed by atoms with Gasteiger partial charge < -0.3 is 5.32 Å². The summed E-state index contributed by atoms with van der Waals surface area (Å²) in [6.45, 7) is 4.06. The third-order valence-corrected chi connectivity index (χ3v) is 4.56. The summed E-state index contributed by atoms with van der Waals surface area (Å²) in [5, 5.41) is 15.1. The number of benzene rings is 1. The van der Waals surface area contributed by atoms with Crippen molar-refractivity contribution in [3.63, 3.8) is 0 Å². The van der Waals surface area contributed by atoms with Gasteiger partial charge in [-0.15, -0.1) is 5.10 Å². The van der Waals surface area contributed by atoms with E-state index in [9.17, 15) is 4.79 Å². The molecule has 0 unspecified atom stereocenters. The van der Waals surface area contributed by atoms with Crippen LogP contribution in [0.5, 0.6) is 0 Å². The monoisotopic (exact) mass is 327 g/mol. The standard InChI is InChI=1S/C18H25N5O/c1-13(2)23-17(20-21-22-23)14-8-7-9-15(12-14)18(24)19-16-10-5-3-4-6-11-16/h7-9,12-13,16H,3-6,10-11H2,1-2H3,(H,19,24). The highest BCUT2D eigenvalue weighted by Crippen LogP contribution is 2.21. The smallest absolute Gasteiger partial charge is 0.251 e. The van der Waals surface area contributed by atoms with Crippen molar-refractivity contribution in [2.45, 2.75) is 64.5 Å². The molecule has 128 valence electrons. The van der Waals surface area contributed by atoms with Gasteiger partial charge in [0.15, 0.2) is 5.82 Å². The quantitative estimate of drug-likeness (QED) is 0.874. The lowest BCUT2D eigenvalue weighted by molar-refractivity contribution is 0.0933. The molecule has 0 atom stereocenters. The largest absolute Gasteiger partial charge is 0.349 e. The van der Waals surface area contributed by atoms with Crippen molar-refractivity contribution in [2.75, 3.05) is 0 Å². The van der Waals surface area contributed by atoms with Crippen molar-refractivity contribution in [1.82, 2.24) is 25.5 Å². The highest BCUT2D eigenvalue weighted by Gasteiger charge is 2.17. The summed E-state index contributed by atoms with van der Waals surface area (Å²) in [5.74, 6) is 0.682. The van der Waals surface area contributed by atoms with Crippen molar-refractivity contribution in [3.05, 3.63) is 29.8 Å². The number of hydrogen-bond acceptors (Lipinski definition) is 4. The molecule has 6 nitrogen and oxygen atoms in total. The molecule has 0 saturated heterocycles. The molecule has 1 N–H and O–H groups in total. The van der Waals surface area contributed by atoms with Gasteiger partial charge in [-0.05, 0) is 49.2 Å². The number of nitrogens with one attached hydrogen (secondary N) is 1. The van der Waals surface area contributed by atoms with Crippen molar-refractivity contribution in [2.24, 2.45) is 0 Å². The van der Waals surface area contributed by atoms with Crippen LogP contribution in [0, 0.1) is 0 Å². The number of carbonyl (C=O) groups excluding carboxylic acids is 1. The van der Waals surface area contributed by atoms with Gasteiger partial charge in [-0.25, -0.2) is 4.68 Å². The highest BCUT2D eigenvalue weighted by atomic mass is 16.1. The van der Waals surface area contributed by atoms with Gasteiger partial charge in [0, 0.05) is 17.2 Å². The first kappa shape index (κ1) is 16.6. The molecule has 1 aromatic carbocycles. The lowest BCUT2D eigenvalue weighted by atomic mass is 10.1. The number of rotatable bonds is 4. The number of hydrogen-bond donors (Lipinski definition) is 1. The summed E-state index contributed by atoms with van der Waals surface area (Å²) in [4.78, 5) is 12.6. The van der Waals surface area contributed by atoms with E-state index in [2.05, 4.69) is 20.8 Å². The number of tetrazole rings is 1. The Labute approximate surface area is 142 Å². The Kier molecular flexibility index (Phi) is 5.23. The van der Waals surface area contributed by atoms with Crippen molar-refractivity contribution >= 4 is 5.91 Å². The summed E-state index contributed by atoms with van der Waals surface area (Å²) in [5.41, 5.74) is 1.53. The van der Waals surface area contributed by atoms with Gasteiger partial charge in [0.25, 0.3) is 5.91 Å². The summed E-state index contributed by atoms with van der Waals surface area (Å²) in [6.07, 6.45) is 7.12. The normalized spacial score (nSPS) is 16.1. The van der Waals surface area contributed by atoms with E-state index < -0.39 is 0 Å². The average molecular weight is 327 g/mol. The minimum Gasteiger partial charge on any atom is -0.349 e. The molecule has 0 aliphatic heterocycles. The van der Waals surface area contributed by atoms with E-state index in [0.717, 1.165) is 18.4 Å². The van der Waals surface area contributed by atoms with Crippen LogP contribution in [0.25, 0.3) is 11.4 Å². The van der Waals surface area contributed by atoms with Gasteiger partial charge in [0.2, 0.25) is 0 Å². The number of amides is 1. The Hall–Kier alpha value is -2.24. The fourth-order valence-electron chi connectivity index (χ4n) is 3.22. The van der Waals surface area contributed by atoms with Gasteiger partial charge in [-0.1, -0.05) is 37.8 Å². The van der Waals surface area contributed by atoms with Gasteiger partial charge in [0.05, 0.1) is 6.04 Å². The molecule has 1 aromatic heterocycles. The number of nitrogens with zero attached hydrogens (tertiary/aromatic N) is 4. The van der Waals surface area contributed by atoms with Crippen molar-refractivity contribution in [3.8, 4) is 11.4 Å². The van der Waals surface area contributed by atoms with Gasteiger partial charge in [-0.2, -0.15) is 0 Å². The Bertz CT molecular complexity index is 686. The summed E-state index contributed by atoms with van der Waals surface area (Å²) >= 11 is 0. The second-order valence-electron chi connectivity index (χ2n) is 6.78. The zero-order valence-corrected chi connectivity index (χ0v) is 14.4. The van der Waals surface area contributed by atoms with E-state index in [4.69, 9.17) is 0 Å². The van der Waals surface area contributed by atoms with Crippen LogP contribution < -0.4 is 5.32 Å². The van der Waals surface area contributed by atoms with Crippen LogP contribution in [-0.4, -0.2) is 32.2 Å². The predicted octanol–water partition coefficient (Wildman–Crippen LogP) is 3.37. The second-order valence-corrected chi connectivity index (χ2v) is 6.78. The fourth-order valence-corrected chi connectivity index (χ4v) is 3.22. The molecule has 0 bridgehead atoms. The minimum atomic E-state index is -0.00711. The van der Waals surface area contributed by atoms with Crippen LogP contribution in [-0.2, 0) is 0 Å². The van der Waals surface area contributed by atoms with Crippen LogP contribution in [0.2, 0.25) is 0 Å². The van der Waals surface area contributed by atoms with Crippen LogP contribution >= 0.6 is 0 Å². The van der Waals surface area contributed by atoms with E-state index in [1.807, 2.05) is 38.1 Å². The van der Waals surface area contributed by atoms with Gasteiger partial charge in [-0.3, -0.25) is 4.79 Å². The zero-order valence-electron chi connectivity index (χ0n) is 14.4. The Morgan fingerprint density at radius 2 is 1.96 bits per heavy atom. The van der Waals surface area contributed by atoms with E-state index in [0.29, 0.717) is 17.4 Å². The summed E-state index contributed by atoms with van der Waals surface area (Å²) in [6, 6.07) is 8.00. The number of aromatic nitrogens is 4. The molecular formula is C18H25N5O. The maximum absolute atomic E-state index is 12.6. The molecule has 1 saturated carbocycles. The topological polar surface area (TPSA) is 72.7 Å². The molecule has 3 rings (SSSR count). The minimum absolute atomic E-state index is 0.00711. The lowest BCUT2D eigenvalue weighted by Gasteiger charge is -2.16. The van der Waals surface area contributed by atoms with Crippen molar-refractivity contribution < 1.29 is 4.79 Å². The number of carbonyl (C=O) groups is 1. The van der Waals surface area contributed by atoms with Gasteiger partial charge >= 0.3 is 0 Å². The molecule has 2 aromatic rings. The van der Waals surface area contributed by atoms with E-state index in [1.165, 1.54) is 25.7 Å². The van der Waals surface area contributed by atoms with Crippen LogP contribution in [0.4, 0.5) is 0 Å². The van der Waals surface area contributed by atoms with Gasteiger partial charge in [0.1, 0.15) is 0 Å². The molecule has 1 amide bonds. The molecule has 1 fully saturated rings. The third kappa shape index (κ3) is 3.80. The maximum atomic E-state index is 12.6. The highest BCUT2D eigenvalue weighted by molar-refractivity contribution is 5.95. The summed E-state index contributed by atoms with van der Waals surface area (Å²) < 4.78 is 1.77. The first-order valence-electron chi connectivity index (χ1n) is 8.84. The Balaban J connectivity index is 1.77. The molecule has 1 aliphatic carbocycles. The fraction of sp³-hybridized carbons (Fsp3) is 0.556. The molecule has 0 radical (unpaired) electrons. The first-order chi connectivity index (χ1) is 11.6. The van der Waals surface area contributed by atoms with E-state index in [1.54, 1.807) is 4.68 Å². The maximum Gasteiger partial charge on any atom is 0.251 e. The Morgan fingerprint density at radius 3 is 2.67 bits per heavy atom. The third-order valence-electron chi connectivity index (χ3n) is 4.56. The summed E-state index contributed by atoms with van der Waals surface area (Å²) in [7, 11) is 0. The first-order valence-corrected chi connectivity index (χ1v) is 8.84. The Morgan fingerprint density at radius 1 is 1.21 bits per heavy atom. The molecule has 24 heavy (non-hydrogen) atoms.